The first-order chi connectivity index (χ1) is 13.3. The van der Waals surface area contributed by atoms with E-state index in [2.05, 4.69) is 10.6 Å². The zero-order valence-electron chi connectivity index (χ0n) is 15.9. The lowest BCUT2D eigenvalue weighted by Crippen LogP contribution is -2.27. The van der Waals surface area contributed by atoms with Crippen LogP contribution in [0.4, 0.5) is 5.69 Å². The predicted molar refractivity (Wildman–Crippen MR) is 106 cm³/mol. The van der Waals surface area contributed by atoms with Crippen LogP contribution in [0.1, 0.15) is 28.9 Å². The van der Waals surface area contributed by atoms with Crippen LogP contribution in [-0.4, -0.2) is 49.2 Å². The molecule has 0 radical (unpaired) electrons. The number of amides is 2. The molecule has 1 fully saturated rings. The highest BCUT2D eigenvalue weighted by atomic mass is 32.2. The van der Waals surface area contributed by atoms with Crippen molar-refractivity contribution in [2.75, 3.05) is 25.5 Å². The van der Waals surface area contributed by atoms with Crippen LogP contribution in [-0.2, 0) is 28.3 Å². The molecule has 0 bridgehead atoms. The van der Waals surface area contributed by atoms with Crippen molar-refractivity contribution in [3.8, 4) is 0 Å². The fourth-order valence-corrected chi connectivity index (χ4v) is 4.81. The highest BCUT2D eigenvalue weighted by Crippen LogP contribution is 2.23. The molecule has 2 amide bonds. The Morgan fingerprint density at radius 3 is 2.50 bits per heavy atom. The fourth-order valence-electron chi connectivity index (χ4n) is 3.22. The van der Waals surface area contributed by atoms with Gasteiger partial charge in [-0.3, -0.25) is 9.59 Å². The number of aryl methyl sites for hydroxylation is 1. The maximum absolute atomic E-state index is 12.8. The quantitative estimate of drug-likeness (QED) is 0.759. The zero-order chi connectivity index (χ0) is 20.3. The van der Waals surface area contributed by atoms with Gasteiger partial charge in [0.05, 0.1) is 6.42 Å². The summed E-state index contributed by atoms with van der Waals surface area (Å²) in [6.07, 6.45) is 3.29. The number of sulfonamides is 1. The molecule has 0 unspecified atom stereocenters. The summed E-state index contributed by atoms with van der Waals surface area (Å²) in [6.45, 7) is 1.01. The lowest BCUT2D eigenvalue weighted by molar-refractivity contribution is -0.119. The molecule has 0 saturated carbocycles. The number of carbonyl (C=O) groups is 2. The van der Waals surface area contributed by atoms with Crippen molar-refractivity contribution in [2.24, 2.45) is 7.05 Å². The van der Waals surface area contributed by atoms with Crippen molar-refractivity contribution in [3.05, 3.63) is 47.8 Å². The molecular formula is C19H24N4O4S. The fraction of sp³-hybridized carbons (Fsp3) is 0.368. The normalized spacial score (nSPS) is 14.8. The molecule has 2 heterocycles. The number of para-hydroxylation sites is 1. The summed E-state index contributed by atoms with van der Waals surface area (Å²) < 4.78 is 28.4. The molecule has 1 aromatic heterocycles. The molecule has 1 aromatic carbocycles. The number of nitrogens with zero attached hydrogens (tertiary/aromatic N) is 2. The Morgan fingerprint density at radius 1 is 1.14 bits per heavy atom. The molecule has 0 atom stereocenters. The van der Waals surface area contributed by atoms with E-state index in [1.54, 1.807) is 38.4 Å². The third-order valence-electron chi connectivity index (χ3n) is 4.81. The van der Waals surface area contributed by atoms with Gasteiger partial charge < -0.3 is 15.2 Å². The maximum Gasteiger partial charge on any atom is 0.272 e. The van der Waals surface area contributed by atoms with E-state index in [1.165, 1.54) is 21.1 Å². The van der Waals surface area contributed by atoms with Crippen molar-refractivity contribution < 1.29 is 18.0 Å². The summed E-state index contributed by atoms with van der Waals surface area (Å²) in [5.74, 6) is -0.603. The van der Waals surface area contributed by atoms with Crippen LogP contribution in [0, 0.1) is 0 Å². The van der Waals surface area contributed by atoms with Gasteiger partial charge in [-0.1, -0.05) is 18.2 Å². The summed E-state index contributed by atoms with van der Waals surface area (Å²) in [6, 6.07) is 8.42. The Bertz CT molecular complexity index is 991. The van der Waals surface area contributed by atoms with Gasteiger partial charge in [-0.25, -0.2) is 8.42 Å². The molecule has 2 N–H and O–H groups in total. The SMILES string of the molecule is CNC(=O)Cc1ccccc1NC(=O)c1cc(S(=O)(=O)N2CCCC2)cn1C. The number of hydrogen-bond acceptors (Lipinski definition) is 4. The van der Waals surface area contributed by atoms with Gasteiger partial charge in [-0.2, -0.15) is 4.31 Å². The third kappa shape index (κ3) is 4.10. The highest BCUT2D eigenvalue weighted by molar-refractivity contribution is 7.89. The Labute approximate surface area is 164 Å². The number of rotatable bonds is 6. The van der Waals surface area contributed by atoms with E-state index in [1.807, 2.05) is 0 Å². The van der Waals surface area contributed by atoms with E-state index in [0.29, 0.717) is 24.3 Å². The molecule has 8 nitrogen and oxygen atoms in total. The number of nitrogens with one attached hydrogen (secondary N) is 2. The van der Waals surface area contributed by atoms with E-state index in [-0.39, 0.29) is 22.9 Å². The lowest BCUT2D eigenvalue weighted by Gasteiger charge is -2.13. The number of anilines is 1. The monoisotopic (exact) mass is 404 g/mol. The van der Waals surface area contributed by atoms with E-state index in [0.717, 1.165) is 12.8 Å². The summed E-state index contributed by atoms with van der Waals surface area (Å²) in [5.41, 5.74) is 1.42. The lowest BCUT2D eigenvalue weighted by atomic mass is 10.1. The summed E-state index contributed by atoms with van der Waals surface area (Å²) in [4.78, 5) is 24.6. The molecule has 150 valence electrons. The summed E-state index contributed by atoms with van der Waals surface area (Å²) in [7, 11) is -0.410. The molecular weight excluding hydrogens is 380 g/mol. The standard InChI is InChI=1S/C19H24N4O4S/c1-20-18(24)11-14-7-3-4-8-16(14)21-19(25)17-12-15(13-22(17)2)28(26,27)23-9-5-6-10-23/h3-4,7-8,12-13H,5-6,9-11H2,1-2H3,(H,20,24)(H,21,25). The minimum atomic E-state index is -3.59. The highest BCUT2D eigenvalue weighted by Gasteiger charge is 2.29. The number of benzene rings is 1. The second-order valence-electron chi connectivity index (χ2n) is 6.74. The molecule has 3 rings (SSSR count). The average Bonchev–Trinajstić information content (AvgIpc) is 3.33. The first-order valence-electron chi connectivity index (χ1n) is 9.09. The molecule has 1 aliphatic heterocycles. The van der Waals surface area contributed by atoms with E-state index >= 15 is 0 Å². The number of carbonyl (C=O) groups excluding carboxylic acids is 2. The molecule has 0 aliphatic carbocycles. The van der Waals surface area contributed by atoms with Gasteiger partial charge in [0.25, 0.3) is 5.91 Å². The van der Waals surface area contributed by atoms with Crippen LogP contribution in [0.15, 0.2) is 41.4 Å². The topological polar surface area (TPSA) is 101 Å². The van der Waals surface area contributed by atoms with Gasteiger partial charge in [-0.05, 0) is 30.5 Å². The first-order valence-corrected chi connectivity index (χ1v) is 10.5. The number of aromatic nitrogens is 1. The maximum atomic E-state index is 12.8. The Balaban J connectivity index is 1.83. The Kier molecular flexibility index (Phi) is 5.85. The molecule has 2 aromatic rings. The molecule has 1 aliphatic rings. The smallest absolute Gasteiger partial charge is 0.272 e. The van der Waals surface area contributed by atoms with E-state index < -0.39 is 15.9 Å². The second-order valence-corrected chi connectivity index (χ2v) is 8.68. The molecule has 28 heavy (non-hydrogen) atoms. The van der Waals surface area contributed by atoms with Gasteiger partial charge in [0, 0.05) is 39.1 Å². The number of hydrogen-bond donors (Lipinski definition) is 2. The van der Waals surface area contributed by atoms with E-state index in [4.69, 9.17) is 0 Å². The first kappa shape index (κ1) is 20.1. The van der Waals surface area contributed by atoms with Crippen molar-refractivity contribution in [3.63, 3.8) is 0 Å². The number of likely N-dealkylation sites (N-methyl/N-ethyl adjacent to an activating group) is 1. The van der Waals surface area contributed by atoms with Gasteiger partial charge >= 0.3 is 0 Å². The van der Waals surface area contributed by atoms with Gasteiger partial charge in [-0.15, -0.1) is 0 Å². The minimum Gasteiger partial charge on any atom is -0.359 e. The third-order valence-corrected chi connectivity index (χ3v) is 6.67. The van der Waals surface area contributed by atoms with Crippen LogP contribution in [0.5, 0.6) is 0 Å². The van der Waals surface area contributed by atoms with Gasteiger partial charge in [0.1, 0.15) is 10.6 Å². The van der Waals surface area contributed by atoms with E-state index in [9.17, 15) is 18.0 Å². The van der Waals surface area contributed by atoms with Crippen LogP contribution in [0.2, 0.25) is 0 Å². The zero-order valence-corrected chi connectivity index (χ0v) is 16.8. The van der Waals surface area contributed by atoms with Gasteiger partial charge in [0.15, 0.2) is 0 Å². The van der Waals surface area contributed by atoms with Crippen molar-refractivity contribution >= 4 is 27.5 Å². The predicted octanol–water partition coefficient (Wildman–Crippen LogP) is 1.35. The largest absolute Gasteiger partial charge is 0.359 e. The molecule has 9 heteroatoms. The summed E-state index contributed by atoms with van der Waals surface area (Å²) in [5, 5.41) is 5.34. The average molecular weight is 404 g/mol. The second kappa shape index (κ2) is 8.15. The van der Waals surface area contributed by atoms with Crippen molar-refractivity contribution in [2.45, 2.75) is 24.2 Å². The Morgan fingerprint density at radius 2 is 1.82 bits per heavy atom. The van der Waals surface area contributed by atoms with Crippen LogP contribution in [0.3, 0.4) is 0 Å². The molecule has 1 saturated heterocycles. The van der Waals surface area contributed by atoms with Crippen molar-refractivity contribution in [1.82, 2.24) is 14.2 Å². The summed E-state index contributed by atoms with van der Waals surface area (Å²) >= 11 is 0. The van der Waals surface area contributed by atoms with Crippen LogP contribution < -0.4 is 10.6 Å². The van der Waals surface area contributed by atoms with Crippen LogP contribution >= 0.6 is 0 Å². The Hall–Kier alpha value is -2.65. The van der Waals surface area contributed by atoms with Crippen LogP contribution in [0.25, 0.3) is 0 Å². The van der Waals surface area contributed by atoms with Gasteiger partial charge in [0.2, 0.25) is 15.9 Å². The van der Waals surface area contributed by atoms with Crippen molar-refractivity contribution in [1.29, 1.82) is 0 Å². The molecule has 0 spiro atoms. The minimum absolute atomic E-state index is 0.112.